The second kappa shape index (κ2) is 7.24. The van der Waals surface area contributed by atoms with Crippen LogP contribution in [0.5, 0.6) is 0 Å². The van der Waals surface area contributed by atoms with Crippen LogP contribution in [-0.2, 0) is 17.8 Å². The van der Waals surface area contributed by atoms with Crippen molar-refractivity contribution in [2.45, 2.75) is 19.4 Å². The van der Waals surface area contributed by atoms with Crippen LogP contribution in [0.15, 0.2) is 58.6 Å². The van der Waals surface area contributed by atoms with Gasteiger partial charge in [0, 0.05) is 11.0 Å². The fourth-order valence-corrected chi connectivity index (χ4v) is 3.45. The number of benzene rings is 2. The van der Waals surface area contributed by atoms with Crippen molar-refractivity contribution >= 4 is 27.8 Å². The third kappa shape index (κ3) is 4.18. The summed E-state index contributed by atoms with van der Waals surface area (Å²) in [5.41, 5.74) is 4.69. The molecule has 1 aliphatic carbocycles. The molecule has 0 spiro atoms. The van der Waals surface area contributed by atoms with E-state index in [0.29, 0.717) is 6.54 Å². The van der Waals surface area contributed by atoms with Crippen molar-refractivity contribution in [3.05, 3.63) is 75.3 Å². The molecule has 0 saturated heterocycles. The van der Waals surface area contributed by atoms with Crippen molar-refractivity contribution in [1.29, 1.82) is 0 Å². The summed E-state index contributed by atoms with van der Waals surface area (Å²) >= 11 is 3.49. The zero-order valence-electron chi connectivity index (χ0n) is 13.3. The molecule has 0 heterocycles. The Morgan fingerprint density at radius 3 is 2.78 bits per heavy atom. The van der Waals surface area contributed by atoms with Gasteiger partial charge in [-0.15, -0.1) is 0 Å². The molecule has 0 saturated carbocycles. The number of fused-ring (bicyclic) bond motifs is 1. The number of hydrogen-bond acceptors (Lipinski definition) is 2. The molecule has 2 aromatic rings. The Balaban J connectivity index is 1.64. The first-order valence-corrected chi connectivity index (χ1v) is 8.66. The lowest BCUT2D eigenvalue weighted by Crippen LogP contribution is -2.27. The van der Waals surface area contributed by atoms with Gasteiger partial charge in [0.25, 0.3) is 0 Å². The molecule has 118 valence electrons. The van der Waals surface area contributed by atoms with E-state index in [1.165, 1.54) is 16.7 Å². The second-order valence-electron chi connectivity index (χ2n) is 6.09. The van der Waals surface area contributed by atoms with E-state index in [2.05, 4.69) is 57.2 Å². The lowest BCUT2D eigenvalue weighted by atomic mass is 9.90. The smallest absolute Gasteiger partial charge is 0.172 e. The van der Waals surface area contributed by atoms with Crippen molar-refractivity contribution in [2.75, 3.05) is 13.6 Å². The summed E-state index contributed by atoms with van der Waals surface area (Å²) in [6, 6.07) is 16.5. The number of likely N-dealkylation sites (N-methyl/N-ethyl adjacent to an activating group) is 1. The molecule has 1 aliphatic rings. The summed E-state index contributed by atoms with van der Waals surface area (Å²) in [7, 11) is 2.00. The van der Waals surface area contributed by atoms with Crippen molar-refractivity contribution in [1.82, 2.24) is 4.90 Å². The molecule has 2 aromatic carbocycles. The monoisotopic (exact) mass is 369 g/mol. The molecule has 0 unspecified atom stereocenters. The van der Waals surface area contributed by atoms with E-state index < -0.39 is 0 Å². The third-order valence-corrected chi connectivity index (χ3v) is 4.65. The van der Waals surface area contributed by atoms with Crippen LogP contribution in [0, 0.1) is 0 Å². The van der Waals surface area contributed by atoms with E-state index in [-0.39, 0.29) is 5.78 Å². The van der Waals surface area contributed by atoms with E-state index in [9.17, 15) is 4.79 Å². The number of carbonyl (C=O) groups excluding carboxylic acids is 1. The first-order chi connectivity index (χ1) is 11.1. The molecule has 0 aliphatic heterocycles. The highest BCUT2D eigenvalue weighted by Gasteiger charge is 2.17. The molecular formula is C20H20BrNO. The van der Waals surface area contributed by atoms with Crippen LogP contribution < -0.4 is 0 Å². The van der Waals surface area contributed by atoms with E-state index in [0.717, 1.165) is 29.4 Å². The fourth-order valence-electron chi connectivity index (χ4n) is 3.00. The molecule has 2 nitrogen and oxygen atoms in total. The number of nitrogens with zero attached hydrogens (tertiary/aromatic N) is 1. The molecule has 0 atom stereocenters. The van der Waals surface area contributed by atoms with E-state index in [1.807, 2.05) is 25.2 Å². The standard InChI is InChI=1S/C20H20BrNO/c1-22(13-15-5-4-8-19(21)11-15)14-20(23)18-10-9-16-6-2-3-7-17(16)12-18/h2-8,11-12H,9-10,13-14H2,1H3. The summed E-state index contributed by atoms with van der Waals surface area (Å²) in [4.78, 5) is 14.6. The Morgan fingerprint density at radius 1 is 1.13 bits per heavy atom. The number of Topliss-reactive ketones (excluding diaryl/α,β-unsaturated/α-hetero) is 1. The average Bonchev–Trinajstić information content (AvgIpc) is 2.54. The molecular weight excluding hydrogens is 350 g/mol. The summed E-state index contributed by atoms with van der Waals surface area (Å²) in [5, 5.41) is 0. The molecule has 0 aromatic heterocycles. The van der Waals surface area contributed by atoms with Gasteiger partial charge in [0.1, 0.15) is 0 Å². The van der Waals surface area contributed by atoms with E-state index >= 15 is 0 Å². The average molecular weight is 370 g/mol. The van der Waals surface area contributed by atoms with Gasteiger partial charge in [-0.05, 0) is 60.4 Å². The quantitative estimate of drug-likeness (QED) is 0.774. The van der Waals surface area contributed by atoms with Crippen LogP contribution in [0.4, 0.5) is 0 Å². The Bertz CT molecular complexity index is 751. The van der Waals surface area contributed by atoms with Crippen molar-refractivity contribution < 1.29 is 4.79 Å². The highest BCUT2D eigenvalue weighted by atomic mass is 79.9. The minimum atomic E-state index is 0.233. The maximum absolute atomic E-state index is 12.6. The molecule has 0 fully saturated rings. The Labute approximate surface area is 146 Å². The van der Waals surface area contributed by atoms with Crippen molar-refractivity contribution in [2.24, 2.45) is 0 Å². The summed E-state index contributed by atoms with van der Waals surface area (Å²) in [6.45, 7) is 1.23. The molecule has 0 N–H and O–H groups in total. The van der Waals surface area contributed by atoms with Crippen LogP contribution in [-0.4, -0.2) is 24.3 Å². The molecule has 3 heteroatoms. The zero-order valence-corrected chi connectivity index (χ0v) is 14.8. The fraction of sp³-hybridized carbons (Fsp3) is 0.250. The predicted octanol–water partition coefficient (Wildman–Crippen LogP) is 4.48. The molecule has 0 bridgehead atoms. The number of carbonyl (C=O) groups is 1. The van der Waals surface area contributed by atoms with Crippen molar-refractivity contribution in [3.63, 3.8) is 0 Å². The van der Waals surface area contributed by atoms with Gasteiger partial charge in [-0.2, -0.15) is 0 Å². The van der Waals surface area contributed by atoms with Gasteiger partial charge in [-0.25, -0.2) is 0 Å². The Kier molecular flexibility index (Phi) is 5.09. The largest absolute Gasteiger partial charge is 0.295 e. The van der Waals surface area contributed by atoms with Gasteiger partial charge in [0.15, 0.2) is 5.78 Å². The first-order valence-electron chi connectivity index (χ1n) is 7.86. The molecule has 0 radical (unpaired) electrons. The minimum Gasteiger partial charge on any atom is -0.295 e. The summed E-state index contributed by atoms with van der Waals surface area (Å²) < 4.78 is 1.07. The van der Waals surface area contributed by atoms with Crippen molar-refractivity contribution in [3.8, 4) is 0 Å². The third-order valence-electron chi connectivity index (χ3n) is 4.16. The first kappa shape index (κ1) is 16.2. The number of hydrogen-bond donors (Lipinski definition) is 0. The van der Waals surface area contributed by atoms with E-state index in [1.54, 1.807) is 0 Å². The lowest BCUT2D eigenvalue weighted by Gasteiger charge is -2.19. The zero-order chi connectivity index (χ0) is 16.2. The topological polar surface area (TPSA) is 20.3 Å². The Morgan fingerprint density at radius 2 is 1.96 bits per heavy atom. The van der Waals surface area contributed by atoms with Gasteiger partial charge in [0.05, 0.1) is 6.54 Å². The van der Waals surface area contributed by atoms with Gasteiger partial charge in [-0.3, -0.25) is 9.69 Å². The number of halogens is 1. The molecule has 0 amide bonds. The van der Waals surface area contributed by atoms with Gasteiger partial charge >= 0.3 is 0 Å². The Hall–Kier alpha value is -1.71. The van der Waals surface area contributed by atoms with E-state index in [4.69, 9.17) is 0 Å². The van der Waals surface area contributed by atoms with Crippen LogP contribution in [0.25, 0.3) is 6.08 Å². The lowest BCUT2D eigenvalue weighted by molar-refractivity contribution is -0.116. The van der Waals surface area contributed by atoms with Crippen LogP contribution in [0.2, 0.25) is 0 Å². The normalized spacial score (nSPS) is 13.6. The SMILES string of the molecule is CN(CC(=O)C1=Cc2ccccc2CC1)Cc1cccc(Br)c1. The molecule has 3 rings (SSSR count). The molecule has 23 heavy (non-hydrogen) atoms. The van der Waals surface area contributed by atoms with Crippen LogP contribution in [0.1, 0.15) is 23.1 Å². The number of ketones is 1. The maximum atomic E-state index is 12.6. The van der Waals surface area contributed by atoms with Crippen LogP contribution >= 0.6 is 15.9 Å². The number of rotatable bonds is 5. The summed E-state index contributed by atoms with van der Waals surface area (Å²) in [5.74, 6) is 0.233. The highest BCUT2D eigenvalue weighted by Crippen LogP contribution is 2.24. The second-order valence-corrected chi connectivity index (χ2v) is 7.01. The van der Waals surface area contributed by atoms with Gasteiger partial charge in [-0.1, -0.05) is 52.3 Å². The van der Waals surface area contributed by atoms with Gasteiger partial charge < -0.3 is 0 Å². The van der Waals surface area contributed by atoms with Crippen LogP contribution in [0.3, 0.4) is 0 Å². The maximum Gasteiger partial charge on any atom is 0.172 e. The highest BCUT2D eigenvalue weighted by molar-refractivity contribution is 9.10. The predicted molar refractivity (Wildman–Crippen MR) is 98.2 cm³/mol. The van der Waals surface area contributed by atoms with Gasteiger partial charge in [0.2, 0.25) is 0 Å². The summed E-state index contributed by atoms with van der Waals surface area (Å²) in [6.07, 6.45) is 3.87. The minimum absolute atomic E-state index is 0.233. The number of aryl methyl sites for hydroxylation is 1.